The van der Waals surface area contributed by atoms with Crippen molar-refractivity contribution in [2.45, 2.75) is 26.5 Å². The molecule has 0 bridgehead atoms. The van der Waals surface area contributed by atoms with Gasteiger partial charge in [-0.15, -0.1) is 10.2 Å². The van der Waals surface area contributed by atoms with Gasteiger partial charge < -0.3 is 13.5 Å². The molecule has 1 aromatic rings. The second-order valence-electron chi connectivity index (χ2n) is 2.77. The van der Waals surface area contributed by atoms with Crippen LogP contribution >= 0.6 is 18.2 Å². The molecule has 0 saturated heterocycles. The van der Waals surface area contributed by atoms with Crippen molar-refractivity contribution >= 4 is 18.2 Å². The highest BCUT2D eigenvalue weighted by molar-refractivity contribution is 8.54. The number of hydrogen-bond donors (Lipinski definition) is 0. The van der Waals surface area contributed by atoms with E-state index in [4.69, 9.17) is 13.5 Å². The van der Waals surface area contributed by atoms with Crippen molar-refractivity contribution in [3.63, 3.8) is 0 Å². The second-order valence-corrected chi connectivity index (χ2v) is 6.84. The van der Waals surface area contributed by atoms with Gasteiger partial charge >= 0.3 is 6.80 Å². The maximum absolute atomic E-state index is 12.0. The molecule has 8 heteroatoms. The maximum atomic E-state index is 12.0. The van der Waals surface area contributed by atoms with E-state index in [0.717, 1.165) is 11.4 Å². The van der Waals surface area contributed by atoms with Gasteiger partial charge in [-0.1, -0.05) is 0 Å². The summed E-state index contributed by atoms with van der Waals surface area (Å²) in [6.07, 6.45) is 0. The number of hydrogen-bond acceptors (Lipinski definition) is 7. The largest absolute Gasteiger partial charge is 0.425 e. The first-order valence-corrected chi connectivity index (χ1v) is 8.05. The predicted octanol–water partition coefficient (Wildman–Crippen LogP) is 2.79. The topological polar surface area (TPSA) is 74.5 Å². The lowest BCUT2D eigenvalue weighted by atomic mass is 10.8. The van der Waals surface area contributed by atoms with E-state index in [1.807, 2.05) is 0 Å². The summed E-state index contributed by atoms with van der Waals surface area (Å²) in [5.74, 6) is 1.22. The van der Waals surface area contributed by atoms with Gasteiger partial charge in [-0.3, -0.25) is 0 Å². The van der Waals surface area contributed by atoms with Crippen molar-refractivity contribution in [3.05, 3.63) is 11.8 Å². The zero-order valence-electron chi connectivity index (χ0n) is 9.50. The van der Waals surface area contributed by atoms with Crippen LogP contribution < -0.4 is 0 Å². The average molecular weight is 266 g/mol. The van der Waals surface area contributed by atoms with Crippen molar-refractivity contribution in [1.29, 1.82) is 0 Å². The van der Waals surface area contributed by atoms with E-state index >= 15 is 0 Å². The summed E-state index contributed by atoms with van der Waals surface area (Å²) >= 11 is 1.05. The molecule has 0 unspecified atom stereocenters. The minimum atomic E-state index is -3.09. The molecule has 16 heavy (non-hydrogen) atoms. The Bertz CT molecular complexity index is 361. The summed E-state index contributed by atoms with van der Waals surface area (Å²) in [7, 11) is 0. The van der Waals surface area contributed by atoms with Gasteiger partial charge in [0.05, 0.1) is 19.0 Å². The molecule has 0 atom stereocenters. The second kappa shape index (κ2) is 6.39. The summed E-state index contributed by atoms with van der Waals surface area (Å²) in [5, 5.41) is 7.48. The minimum Gasteiger partial charge on any atom is -0.425 e. The van der Waals surface area contributed by atoms with Gasteiger partial charge in [0.2, 0.25) is 11.8 Å². The third-order valence-corrected chi connectivity index (χ3v) is 5.30. The van der Waals surface area contributed by atoms with E-state index in [-0.39, 0.29) is 0 Å². The molecule has 0 N–H and O–H groups in total. The molecule has 0 aliphatic rings. The summed E-state index contributed by atoms with van der Waals surface area (Å²) in [4.78, 5) is 0. The molecular weight excluding hydrogens is 251 g/mol. The van der Waals surface area contributed by atoms with Gasteiger partial charge in [0.25, 0.3) is 0 Å². The molecule has 1 aromatic heterocycles. The predicted molar refractivity (Wildman–Crippen MR) is 61.2 cm³/mol. The Morgan fingerprint density at radius 3 is 2.38 bits per heavy atom. The molecule has 0 aliphatic carbocycles. The van der Waals surface area contributed by atoms with Crippen LogP contribution in [0.2, 0.25) is 0 Å². The Hall–Kier alpha value is -0.360. The normalized spacial score (nSPS) is 11.9. The van der Waals surface area contributed by atoms with Gasteiger partial charge in [-0.25, -0.2) is 4.57 Å². The zero-order chi connectivity index (χ0) is 12.0. The Labute approximate surface area is 98.4 Å². The van der Waals surface area contributed by atoms with Crippen LogP contribution in [0.1, 0.15) is 25.6 Å². The molecule has 0 aromatic carbocycles. The number of aromatic nitrogens is 2. The average Bonchev–Trinajstić information content (AvgIpc) is 2.62. The number of rotatable bonds is 7. The highest BCUT2D eigenvalue weighted by atomic mass is 32.7. The molecule has 0 aliphatic heterocycles. The zero-order valence-corrected chi connectivity index (χ0v) is 11.2. The Morgan fingerprint density at radius 2 is 1.94 bits per heavy atom. The lowest BCUT2D eigenvalue weighted by molar-refractivity contribution is 0.236. The van der Waals surface area contributed by atoms with E-state index in [9.17, 15) is 4.57 Å². The van der Waals surface area contributed by atoms with E-state index < -0.39 is 6.80 Å². The standard InChI is InChI=1S/C8H15N2O4PS/c1-4-12-15(11,13-5-2)16-6-8-10-9-7(3)14-8/h4-6H2,1-3H3. The first-order chi connectivity index (χ1) is 7.59. The third kappa shape index (κ3) is 4.25. The van der Waals surface area contributed by atoms with E-state index in [2.05, 4.69) is 10.2 Å². The van der Waals surface area contributed by atoms with Crippen LogP contribution in [0, 0.1) is 6.92 Å². The summed E-state index contributed by atoms with van der Waals surface area (Å²) in [5.41, 5.74) is 0. The Morgan fingerprint density at radius 1 is 1.31 bits per heavy atom. The van der Waals surface area contributed by atoms with Crippen LogP contribution in [-0.4, -0.2) is 23.4 Å². The van der Waals surface area contributed by atoms with Crippen LogP contribution in [0.3, 0.4) is 0 Å². The molecule has 0 saturated carbocycles. The van der Waals surface area contributed by atoms with E-state index in [1.165, 1.54) is 0 Å². The molecule has 1 rings (SSSR count). The van der Waals surface area contributed by atoms with Gasteiger partial charge in [-0.2, -0.15) is 0 Å². The quantitative estimate of drug-likeness (QED) is 0.702. The fraction of sp³-hybridized carbons (Fsp3) is 0.750. The monoisotopic (exact) mass is 266 g/mol. The molecule has 0 radical (unpaired) electrons. The molecule has 0 spiro atoms. The fourth-order valence-electron chi connectivity index (χ4n) is 0.958. The minimum absolute atomic E-state index is 0.318. The summed E-state index contributed by atoms with van der Waals surface area (Å²) in [6.45, 7) is 2.83. The summed E-state index contributed by atoms with van der Waals surface area (Å²) < 4.78 is 27.4. The summed E-state index contributed by atoms with van der Waals surface area (Å²) in [6, 6.07) is 0. The molecule has 0 amide bonds. The van der Waals surface area contributed by atoms with Crippen molar-refractivity contribution in [1.82, 2.24) is 10.2 Å². The first-order valence-electron chi connectivity index (χ1n) is 4.92. The van der Waals surface area contributed by atoms with Crippen LogP contribution in [0.15, 0.2) is 4.42 Å². The Balaban J connectivity index is 2.53. The van der Waals surface area contributed by atoms with Crippen LogP contribution in [-0.2, 0) is 19.4 Å². The lowest BCUT2D eigenvalue weighted by Crippen LogP contribution is -1.93. The van der Waals surface area contributed by atoms with E-state index in [1.54, 1.807) is 20.8 Å². The van der Waals surface area contributed by atoms with Crippen LogP contribution in [0.5, 0.6) is 0 Å². The Kier molecular flexibility index (Phi) is 5.48. The van der Waals surface area contributed by atoms with Gasteiger partial charge in [-0.05, 0) is 25.2 Å². The highest BCUT2D eigenvalue weighted by Crippen LogP contribution is 2.61. The SMILES string of the molecule is CCOP(=O)(OCC)SCc1nnc(C)o1. The number of nitrogens with zero attached hydrogens (tertiary/aromatic N) is 2. The molecule has 0 fully saturated rings. The third-order valence-electron chi connectivity index (χ3n) is 1.49. The van der Waals surface area contributed by atoms with Gasteiger partial charge in [0, 0.05) is 6.92 Å². The van der Waals surface area contributed by atoms with Crippen molar-refractivity contribution in [3.8, 4) is 0 Å². The van der Waals surface area contributed by atoms with Crippen molar-refractivity contribution < 1.29 is 18.0 Å². The first kappa shape index (κ1) is 13.7. The fourth-order valence-corrected chi connectivity index (χ4v) is 4.08. The smallest absolute Gasteiger partial charge is 0.389 e. The maximum Gasteiger partial charge on any atom is 0.389 e. The van der Waals surface area contributed by atoms with Crippen LogP contribution in [0.25, 0.3) is 0 Å². The van der Waals surface area contributed by atoms with Crippen LogP contribution in [0.4, 0.5) is 0 Å². The van der Waals surface area contributed by atoms with E-state index in [0.29, 0.717) is 30.7 Å². The molecule has 1 heterocycles. The number of aryl methyl sites for hydroxylation is 1. The van der Waals surface area contributed by atoms with Gasteiger partial charge in [0.1, 0.15) is 0 Å². The highest BCUT2D eigenvalue weighted by Gasteiger charge is 2.25. The molecule has 6 nitrogen and oxygen atoms in total. The van der Waals surface area contributed by atoms with Crippen molar-refractivity contribution in [2.24, 2.45) is 0 Å². The molecular formula is C8H15N2O4PS. The van der Waals surface area contributed by atoms with Gasteiger partial charge in [0.15, 0.2) is 0 Å². The lowest BCUT2D eigenvalue weighted by Gasteiger charge is -2.14. The van der Waals surface area contributed by atoms with Crippen molar-refractivity contribution in [2.75, 3.05) is 13.2 Å². The molecule has 92 valence electrons.